The van der Waals surface area contributed by atoms with Gasteiger partial charge in [0.15, 0.2) is 9.84 Å². The molecule has 0 atom stereocenters. The van der Waals surface area contributed by atoms with Crippen LogP contribution in [0.25, 0.3) is 22.0 Å². The minimum Gasteiger partial charge on any atom is -0.439 e. The Morgan fingerprint density at radius 2 is 1.72 bits per heavy atom. The molecule has 0 amide bonds. The van der Waals surface area contributed by atoms with Gasteiger partial charge in [-0.05, 0) is 47.9 Å². The molecule has 32 heavy (non-hydrogen) atoms. The Hall–Kier alpha value is -3.46. The number of alkyl halides is 3. The van der Waals surface area contributed by atoms with Crippen molar-refractivity contribution in [3.8, 4) is 22.8 Å². The number of benzene rings is 2. The molecule has 2 aromatic carbocycles. The molecule has 0 bridgehead atoms. The molecule has 5 nitrogen and oxygen atoms in total. The second kappa shape index (κ2) is 7.90. The number of para-hydroxylation sites is 1. The Morgan fingerprint density at radius 3 is 2.44 bits per heavy atom. The van der Waals surface area contributed by atoms with Crippen LogP contribution in [-0.2, 0) is 16.0 Å². The molecule has 0 aliphatic heterocycles. The van der Waals surface area contributed by atoms with Crippen molar-refractivity contribution in [1.29, 1.82) is 0 Å². The first kappa shape index (κ1) is 21.8. The summed E-state index contributed by atoms with van der Waals surface area (Å²) in [6.45, 7) is 1.77. The van der Waals surface area contributed by atoms with Gasteiger partial charge < -0.3 is 4.74 Å². The highest BCUT2D eigenvalue weighted by Crippen LogP contribution is 2.39. The van der Waals surface area contributed by atoms with Crippen molar-refractivity contribution in [3.05, 3.63) is 78.1 Å². The molecule has 0 saturated heterocycles. The summed E-state index contributed by atoms with van der Waals surface area (Å²) in [5, 5.41) is 0.370. The van der Waals surface area contributed by atoms with Crippen LogP contribution in [0, 0.1) is 6.92 Å². The molecule has 0 aliphatic rings. The van der Waals surface area contributed by atoms with Crippen LogP contribution in [0.2, 0.25) is 0 Å². The molecular weight excluding hydrogens is 441 g/mol. The summed E-state index contributed by atoms with van der Waals surface area (Å²) in [6, 6.07) is 13.4. The predicted molar refractivity (Wildman–Crippen MR) is 114 cm³/mol. The van der Waals surface area contributed by atoms with Crippen LogP contribution in [0.5, 0.6) is 11.6 Å². The Kier molecular flexibility index (Phi) is 5.37. The van der Waals surface area contributed by atoms with Crippen LogP contribution >= 0.6 is 0 Å². The molecular formula is C23H17F3N2O3S. The van der Waals surface area contributed by atoms with Crippen LogP contribution in [0.1, 0.15) is 11.1 Å². The Balaban J connectivity index is 1.80. The quantitative estimate of drug-likeness (QED) is 0.385. The van der Waals surface area contributed by atoms with Crippen molar-refractivity contribution >= 4 is 20.7 Å². The fourth-order valence-electron chi connectivity index (χ4n) is 3.45. The third-order valence-electron chi connectivity index (χ3n) is 4.87. The fourth-order valence-corrected chi connectivity index (χ4v) is 4.07. The lowest BCUT2D eigenvalue weighted by molar-refractivity contribution is -0.136. The van der Waals surface area contributed by atoms with Gasteiger partial charge >= 0.3 is 6.18 Å². The molecule has 0 radical (unpaired) electrons. The first-order chi connectivity index (χ1) is 15.0. The van der Waals surface area contributed by atoms with E-state index in [2.05, 4.69) is 9.97 Å². The SMILES string of the molecule is Cc1cnc2c(C(F)(F)F)cccc2c1-c1cccc(Oc2cc(S(C)(=O)=O)ccn2)c1. The van der Waals surface area contributed by atoms with E-state index in [-0.39, 0.29) is 16.3 Å². The van der Waals surface area contributed by atoms with Crippen molar-refractivity contribution in [2.75, 3.05) is 6.26 Å². The van der Waals surface area contributed by atoms with E-state index in [1.54, 1.807) is 37.3 Å². The second-order valence-corrected chi connectivity index (χ2v) is 9.26. The lowest BCUT2D eigenvalue weighted by atomic mass is 9.95. The zero-order valence-corrected chi connectivity index (χ0v) is 17.8. The highest BCUT2D eigenvalue weighted by atomic mass is 32.2. The number of nitrogens with zero attached hydrogens (tertiary/aromatic N) is 2. The predicted octanol–water partition coefficient (Wildman–Crippen LogP) is 5.82. The van der Waals surface area contributed by atoms with Gasteiger partial charge in [-0.3, -0.25) is 4.98 Å². The van der Waals surface area contributed by atoms with Crippen LogP contribution in [0.4, 0.5) is 13.2 Å². The molecule has 4 rings (SSSR count). The Morgan fingerprint density at radius 1 is 0.969 bits per heavy atom. The van der Waals surface area contributed by atoms with E-state index in [4.69, 9.17) is 4.74 Å². The van der Waals surface area contributed by atoms with Crippen molar-refractivity contribution in [2.24, 2.45) is 0 Å². The zero-order valence-electron chi connectivity index (χ0n) is 17.0. The maximum Gasteiger partial charge on any atom is 0.418 e. The van der Waals surface area contributed by atoms with Gasteiger partial charge in [0, 0.05) is 30.1 Å². The number of aromatic nitrogens is 2. The van der Waals surface area contributed by atoms with E-state index >= 15 is 0 Å². The Bertz CT molecular complexity index is 1430. The van der Waals surface area contributed by atoms with Crippen LogP contribution in [-0.4, -0.2) is 24.6 Å². The number of ether oxygens (including phenoxy) is 1. The van der Waals surface area contributed by atoms with Crippen LogP contribution < -0.4 is 4.74 Å². The van der Waals surface area contributed by atoms with Crippen molar-refractivity contribution in [2.45, 2.75) is 18.0 Å². The number of aryl methyl sites for hydroxylation is 1. The van der Waals surface area contributed by atoms with E-state index < -0.39 is 21.6 Å². The van der Waals surface area contributed by atoms with Gasteiger partial charge in [-0.15, -0.1) is 0 Å². The summed E-state index contributed by atoms with van der Waals surface area (Å²) in [5.41, 5.74) is 1.00. The van der Waals surface area contributed by atoms with Crippen molar-refractivity contribution in [1.82, 2.24) is 9.97 Å². The minimum atomic E-state index is -4.53. The van der Waals surface area contributed by atoms with Crippen molar-refractivity contribution in [3.63, 3.8) is 0 Å². The van der Waals surface area contributed by atoms with Gasteiger partial charge in [-0.2, -0.15) is 13.2 Å². The first-order valence-electron chi connectivity index (χ1n) is 9.44. The van der Waals surface area contributed by atoms with E-state index in [9.17, 15) is 21.6 Å². The third kappa shape index (κ3) is 4.29. The molecule has 2 aromatic heterocycles. The lowest BCUT2D eigenvalue weighted by Gasteiger charge is -2.15. The topological polar surface area (TPSA) is 69.2 Å². The molecule has 0 fully saturated rings. The summed E-state index contributed by atoms with van der Waals surface area (Å²) in [6.07, 6.45) is -0.702. The second-order valence-electron chi connectivity index (χ2n) is 7.25. The average molecular weight is 458 g/mol. The normalized spacial score (nSPS) is 12.2. The van der Waals surface area contributed by atoms with E-state index in [0.717, 1.165) is 12.3 Å². The summed E-state index contributed by atoms with van der Waals surface area (Å²) in [7, 11) is -3.43. The van der Waals surface area contributed by atoms with Crippen LogP contribution in [0.15, 0.2) is 71.9 Å². The number of pyridine rings is 2. The molecule has 4 aromatic rings. The van der Waals surface area contributed by atoms with Gasteiger partial charge in [0.05, 0.1) is 16.0 Å². The molecule has 0 unspecified atom stereocenters. The zero-order chi connectivity index (χ0) is 23.1. The largest absolute Gasteiger partial charge is 0.439 e. The first-order valence-corrected chi connectivity index (χ1v) is 11.3. The van der Waals surface area contributed by atoms with Gasteiger partial charge in [0.2, 0.25) is 5.88 Å². The summed E-state index contributed by atoms with van der Waals surface area (Å²) < 4.78 is 69.7. The van der Waals surface area contributed by atoms with E-state index in [0.29, 0.717) is 27.8 Å². The van der Waals surface area contributed by atoms with Gasteiger partial charge in [0.25, 0.3) is 0 Å². The lowest BCUT2D eigenvalue weighted by Crippen LogP contribution is -2.07. The maximum absolute atomic E-state index is 13.5. The number of fused-ring (bicyclic) bond motifs is 1. The molecule has 2 heterocycles. The van der Waals surface area contributed by atoms with E-state index in [1.165, 1.54) is 30.6 Å². The fraction of sp³-hybridized carbons (Fsp3) is 0.130. The number of hydrogen-bond donors (Lipinski definition) is 0. The van der Waals surface area contributed by atoms with Gasteiger partial charge in [-0.1, -0.05) is 24.3 Å². The molecule has 164 valence electrons. The average Bonchev–Trinajstić information content (AvgIpc) is 2.72. The monoisotopic (exact) mass is 458 g/mol. The molecule has 9 heteroatoms. The van der Waals surface area contributed by atoms with E-state index in [1.807, 2.05) is 0 Å². The number of halogens is 3. The van der Waals surface area contributed by atoms with Crippen LogP contribution in [0.3, 0.4) is 0 Å². The standard InChI is InChI=1S/C23H17F3N2O3S/c1-14-13-28-22-18(7-4-8-19(22)23(24,25)26)21(14)15-5-3-6-16(11-15)31-20-12-17(9-10-27-20)32(2,29)30/h3-13H,1-2H3. The highest BCUT2D eigenvalue weighted by Gasteiger charge is 2.33. The molecule has 0 aliphatic carbocycles. The smallest absolute Gasteiger partial charge is 0.418 e. The minimum absolute atomic E-state index is 0.0642. The summed E-state index contributed by atoms with van der Waals surface area (Å²) >= 11 is 0. The number of hydrogen-bond acceptors (Lipinski definition) is 5. The molecule has 0 spiro atoms. The Labute approximate surface area is 182 Å². The van der Waals surface area contributed by atoms with Gasteiger partial charge in [0.1, 0.15) is 5.75 Å². The summed E-state index contributed by atoms with van der Waals surface area (Å²) in [5.74, 6) is 0.442. The number of sulfone groups is 1. The molecule has 0 N–H and O–H groups in total. The third-order valence-corrected chi connectivity index (χ3v) is 5.98. The molecule has 0 saturated carbocycles. The van der Waals surface area contributed by atoms with Gasteiger partial charge in [-0.25, -0.2) is 13.4 Å². The maximum atomic E-state index is 13.5. The highest BCUT2D eigenvalue weighted by molar-refractivity contribution is 7.90. The van der Waals surface area contributed by atoms with Crippen molar-refractivity contribution < 1.29 is 26.3 Å². The number of rotatable bonds is 4. The summed E-state index contributed by atoms with van der Waals surface area (Å²) in [4.78, 5) is 8.14.